The van der Waals surface area contributed by atoms with Gasteiger partial charge in [0.05, 0.1) is 12.7 Å². The van der Waals surface area contributed by atoms with Gasteiger partial charge in [0.1, 0.15) is 0 Å². The lowest BCUT2D eigenvalue weighted by molar-refractivity contribution is 0.0696. The maximum atomic E-state index is 13.8. The Morgan fingerprint density at radius 1 is 1.14 bits per heavy atom. The van der Waals surface area contributed by atoms with E-state index in [2.05, 4.69) is 0 Å². The molecule has 0 atom stereocenters. The molecule has 2 aromatic carbocycles. The fourth-order valence-corrected chi connectivity index (χ4v) is 1.85. The lowest BCUT2D eigenvalue weighted by Gasteiger charge is -2.12. The minimum Gasteiger partial charge on any atom is -0.493 e. The number of rotatable bonds is 5. The van der Waals surface area contributed by atoms with Crippen molar-refractivity contribution in [3.63, 3.8) is 0 Å². The molecule has 0 aromatic heterocycles. The molecular weight excluding hydrogens is 275 g/mol. The number of carboxylic acid groups (broad SMARTS) is 1. The van der Waals surface area contributed by atoms with Gasteiger partial charge in [-0.1, -0.05) is 13.0 Å². The zero-order valence-corrected chi connectivity index (χ0v) is 11.7. The molecule has 0 saturated carbocycles. The zero-order chi connectivity index (χ0) is 15.4. The Hall–Kier alpha value is -2.56. The standard InChI is InChI=1S/C16H15FO4/c1-3-10-4-6-14(15(8-10)20-2)21-13-7-5-11(16(18)19)9-12(13)17/h4-9H,3H2,1-2H3,(H,18,19). The van der Waals surface area contributed by atoms with E-state index in [1.807, 2.05) is 19.1 Å². The third-order valence-corrected chi connectivity index (χ3v) is 3.04. The summed E-state index contributed by atoms with van der Waals surface area (Å²) in [7, 11) is 1.51. The Morgan fingerprint density at radius 3 is 2.43 bits per heavy atom. The fourth-order valence-electron chi connectivity index (χ4n) is 1.85. The minimum atomic E-state index is -1.19. The summed E-state index contributed by atoms with van der Waals surface area (Å²) < 4.78 is 24.5. The molecule has 110 valence electrons. The first-order valence-electron chi connectivity index (χ1n) is 6.42. The summed E-state index contributed by atoms with van der Waals surface area (Å²) in [6.07, 6.45) is 0.846. The highest BCUT2D eigenvalue weighted by Crippen LogP contribution is 2.33. The second kappa shape index (κ2) is 6.26. The summed E-state index contributed by atoms with van der Waals surface area (Å²) in [5.41, 5.74) is 0.939. The molecule has 0 spiro atoms. The predicted molar refractivity (Wildman–Crippen MR) is 75.8 cm³/mol. The molecule has 0 saturated heterocycles. The fraction of sp³-hybridized carbons (Fsp3) is 0.188. The normalized spacial score (nSPS) is 10.2. The summed E-state index contributed by atoms with van der Waals surface area (Å²) in [4.78, 5) is 10.8. The van der Waals surface area contributed by atoms with Crippen molar-refractivity contribution < 1.29 is 23.8 Å². The number of halogens is 1. The largest absolute Gasteiger partial charge is 0.493 e. The number of methoxy groups -OCH3 is 1. The zero-order valence-electron chi connectivity index (χ0n) is 11.7. The van der Waals surface area contributed by atoms with Crippen LogP contribution in [0.4, 0.5) is 4.39 Å². The SMILES string of the molecule is CCc1ccc(Oc2ccc(C(=O)O)cc2F)c(OC)c1. The monoisotopic (exact) mass is 290 g/mol. The van der Waals surface area contributed by atoms with E-state index in [1.54, 1.807) is 6.07 Å². The molecule has 0 fully saturated rings. The number of carboxylic acids is 1. The third kappa shape index (κ3) is 3.31. The van der Waals surface area contributed by atoms with Gasteiger partial charge in [0.2, 0.25) is 0 Å². The lowest BCUT2D eigenvalue weighted by atomic mass is 10.1. The first kappa shape index (κ1) is 14.8. The maximum absolute atomic E-state index is 13.8. The van der Waals surface area contributed by atoms with Crippen LogP contribution in [0.2, 0.25) is 0 Å². The van der Waals surface area contributed by atoms with Gasteiger partial charge in [-0.25, -0.2) is 9.18 Å². The molecule has 0 aliphatic carbocycles. The molecule has 21 heavy (non-hydrogen) atoms. The van der Waals surface area contributed by atoms with Crippen molar-refractivity contribution in [2.24, 2.45) is 0 Å². The van der Waals surface area contributed by atoms with E-state index < -0.39 is 11.8 Å². The number of benzene rings is 2. The van der Waals surface area contributed by atoms with Crippen molar-refractivity contribution >= 4 is 5.97 Å². The molecule has 0 heterocycles. The van der Waals surface area contributed by atoms with Crippen LogP contribution in [0.5, 0.6) is 17.2 Å². The Bertz CT molecular complexity index is 667. The van der Waals surface area contributed by atoms with E-state index in [-0.39, 0.29) is 11.3 Å². The van der Waals surface area contributed by atoms with Gasteiger partial charge in [-0.3, -0.25) is 0 Å². The molecule has 0 unspecified atom stereocenters. The third-order valence-electron chi connectivity index (χ3n) is 3.04. The average Bonchev–Trinajstić information content (AvgIpc) is 2.49. The smallest absolute Gasteiger partial charge is 0.335 e. The summed E-state index contributed by atoms with van der Waals surface area (Å²) in [5, 5.41) is 8.80. The highest BCUT2D eigenvalue weighted by atomic mass is 19.1. The van der Waals surface area contributed by atoms with Gasteiger partial charge in [0.25, 0.3) is 0 Å². The van der Waals surface area contributed by atoms with Crippen LogP contribution in [-0.2, 0) is 6.42 Å². The molecule has 0 aliphatic rings. The number of carbonyl (C=O) groups is 1. The molecule has 1 N–H and O–H groups in total. The second-order valence-electron chi connectivity index (χ2n) is 4.39. The molecule has 2 aromatic rings. The molecule has 5 heteroatoms. The van der Waals surface area contributed by atoms with Crippen molar-refractivity contribution in [1.29, 1.82) is 0 Å². The van der Waals surface area contributed by atoms with Gasteiger partial charge in [0.15, 0.2) is 23.1 Å². The summed E-state index contributed by atoms with van der Waals surface area (Å²) in [5.74, 6) is -1.11. The predicted octanol–water partition coefficient (Wildman–Crippen LogP) is 3.89. The number of hydrogen-bond acceptors (Lipinski definition) is 3. The summed E-state index contributed by atoms with van der Waals surface area (Å²) in [6.45, 7) is 2.01. The van der Waals surface area contributed by atoms with Crippen LogP contribution >= 0.6 is 0 Å². The van der Waals surface area contributed by atoms with Crippen molar-refractivity contribution in [1.82, 2.24) is 0 Å². The van der Waals surface area contributed by atoms with E-state index in [1.165, 1.54) is 19.2 Å². The topological polar surface area (TPSA) is 55.8 Å². The van der Waals surface area contributed by atoms with Crippen molar-refractivity contribution in [3.05, 3.63) is 53.3 Å². The highest BCUT2D eigenvalue weighted by Gasteiger charge is 2.12. The van der Waals surface area contributed by atoms with Crippen molar-refractivity contribution in [2.75, 3.05) is 7.11 Å². The van der Waals surface area contributed by atoms with Gasteiger partial charge in [-0.15, -0.1) is 0 Å². The Kier molecular flexibility index (Phi) is 4.42. The molecule has 0 amide bonds. The van der Waals surface area contributed by atoms with Crippen LogP contribution in [0, 0.1) is 5.82 Å². The van der Waals surface area contributed by atoms with Crippen LogP contribution in [-0.4, -0.2) is 18.2 Å². The van der Waals surface area contributed by atoms with Crippen LogP contribution in [0.25, 0.3) is 0 Å². The van der Waals surface area contributed by atoms with Crippen LogP contribution < -0.4 is 9.47 Å². The summed E-state index contributed by atoms with van der Waals surface area (Å²) in [6, 6.07) is 8.87. The van der Waals surface area contributed by atoms with Gasteiger partial charge in [-0.05, 0) is 42.3 Å². The molecule has 0 aliphatic heterocycles. The molecular formula is C16H15FO4. The van der Waals surface area contributed by atoms with Gasteiger partial charge < -0.3 is 14.6 Å². The van der Waals surface area contributed by atoms with E-state index in [9.17, 15) is 9.18 Å². The Balaban J connectivity index is 2.32. The van der Waals surface area contributed by atoms with E-state index in [0.29, 0.717) is 11.5 Å². The first-order valence-corrected chi connectivity index (χ1v) is 6.42. The van der Waals surface area contributed by atoms with Gasteiger partial charge in [-0.2, -0.15) is 0 Å². The number of aromatic carboxylic acids is 1. The van der Waals surface area contributed by atoms with Crippen molar-refractivity contribution in [2.45, 2.75) is 13.3 Å². The number of aryl methyl sites for hydroxylation is 1. The molecule has 2 rings (SSSR count). The second-order valence-corrected chi connectivity index (χ2v) is 4.39. The number of ether oxygens (including phenoxy) is 2. The maximum Gasteiger partial charge on any atom is 0.335 e. The first-order chi connectivity index (χ1) is 10.0. The Morgan fingerprint density at radius 2 is 1.86 bits per heavy atom. The van der Waals surface area contributed by atoms with E-state index >= 15 is 0 Å². The van der Waals surface area contributed by atoms with Crippen LogP contribution in [0.1, 0.15) is 22.8 Å². The van der Waals surface area contributed by atoms with Crippen LogP contribution in [0.3, 0.4) is 0 Å². The Labute approximate surface area is 121 Å². The minimum absolute atomic E-state index is 0.0532. The quantitative estimate of drug-likeness (QED) is 0.907. The average molecular weight is 290 g/mol. The number of hydrogen-bond donors (Lipinski definition) is 1. The highest BCUT2D eigenvalue weighted by molar-refractivity contribution is 5.87. The molecule has 0 bridgehead atoms. The van der Waals surface area contributed by atoms with Crippen molar-refractivity contribution in [3.8, 4) is 17.2 Å². The summed E-state index contributed by atoms with van der Waals surface area (Å²) >= 11 is 0. The van der Waals surface area contributed by atoms with Gasteiger partial charge in [0, 0.05) is 0 Å². The van der Waals surface area contributed by atoms with E-state index in [4.69, 9.17) is 14.6 Å². The van der Waals surface area contributed by atoms with Crippen LogP contribution in [0.15, 0.2) is 36.4 Å². The lowest BCUT2D eigenvalue weighted by Crippen LogP contribution is -1.98. The van der Waals surface area contributed by atoms with E-state index in [0.717, 1.165) is 18.1 Å². The molecule has 0 radical (unpaired) electrons. The molecule has 4 nitrogen and oxygen atoms in total. The van der Waals surface area contributed by atoms with Gasteiger partial charge >= 0.3 is 5.97 Å².